The zero-order chi connectivity index (χ0) is 25.4. The number of thiophene rings is 1. The lowest BCUT2D eigenvalue weighted by Crippen LogP contribution is -2.29. The Bertz CT molecular complexity index is 1360. The first-order valence-electron chi connectivity index (χ1n) is 11.4. The Morgan fingerprint density at radius 3 is 2.56 bits per heavy atom. The minimum absolute atomic E-state index is 0.00842. The lowest BCUT2D eigenvalue weighted by molar-refractivity contribution is -0.146. The first-order chi connectivity index (χ1) is 17.3. The number of rotatable bonds is 6. The first kappa shape index (κ1) is 23.6. The molecule has 1 N–H and O–H groups in total. The van der Waals surface area contributed by atoms with E-state index in [1.54, 1.807) is 56.3 Å². The summed E-state index contributed by atoms with van der Waals surface area (Å²) in [5, 5.41) is 13.1. The number of Topliss-reactive ketones (excluding diaryl/α,β-unsaturated/α-hetero) is 1. The maximum Gasteiger partial charge on any atom is 0.310 e. The minimum atomic E-state index is -0.813. The molecule has 184 valence electrons. The third kappa shape index (κ3) is 4.33. The molecule has 8 nitrogen and oxygen atoms in total. The van der Waals surface area contributed by atoms with Crippen molar-refractivity contribution >= 4 is 40.4 Å². The van der Waals surface area contributed by atoms with Gasteiger partial charge in [-0.25, -0.2) is 0 Å². The zero-order valence-corrected chi connectivity index (χ0v) is 20.4. The predicted octanol–water partition coefficient (Wildman–Crippen LogP) is 4.60. The van der Waals surface area contributed by atoms with E-state index in [-0.39, 0.29) is 36.6 Å². The van der Waals surface area contributed by atoms with Gasteiger partial charge >= 0.3 is 5.97 Å². The number of benzene rings is 2. The molecular formula is C27H23NO7S. The summed E-state index contributed by atoms with van der Waals surface area (Å²) in [6, 6.07) is 14.5. The number of amides is 1. The Morgan fingerprint density at radius 2 is 1.86 bits per heavy atom. The number of carbonyl (C=O) groups excluding carboxylic acids is 3. The fourth-order valence-corrected chi connectivity index (χ4v) is 5.08. The Balaban J connectivity index is 1.53. The van der Waals surface area contributed by atoms with Crippen molar-refractivity contribution in [1.29, 1.82) is 0 Å². The third-order valence-electron chi connectivity index (χ3n) is 5.83. The summed E-state index contributed by atoms with van der Waals surface area (Å²) in [4.78, 5) is 40.6. The van der Waals surface area contributed by atoms with Crippen LogP contribution in [-0.2, 0) is 25.5 Å². The van der Waals surface area contributed by atoms with Crippen LogP contribution in [0.25, 0.3) is 5.76 Å². The van der Waals surface area contributed by atoms with Crippen LogP contribution in [0.4, 0.5) is 5.69 Å². The number of aliphatic hydroxyl groups excluding tert-OH is 1. The van der Waals surface area contributed by atoms with Gasteiger partial charge in [0.1, 0.15) is 11.8 Å². The number of aliphatic hydroxyl groups is 1. The van der Waals surface area contributed by atoms with Gasteiger partial charge in [0.15, 0.2) is 11.5 Å². The fraction of sp³-hybridized carbons (Fsp3) is 0.222. The van der Waals surface area contributed by atoms with Gasteiger partial charge < -0.3 is 19.3 Å². The van der Waals surface area contributed by atoms with Crippen molar-refractivity contribution in [2.24, 2.45) is 0 Å². The highest BCUT2D eigenvalue weighted by Gasteiger charge is 2.47. The zero-order valence-electron chi connectivity index (χ0n) is 19.6. The number of carbonyl (C=O) groups is 3. The summed E-state index contributed by atoms with van der Waals surface area (Å²) in [6.45, 7) is 3.64. The number of nitrogens with zero attached hydrogens (tertiary/aromatic N) is 1. The fourth-order valence-electron chi connectivity index (χ4n) is 4.26. The van der Waals surface area contributed by atoms with Gasteiger partial charge in [-0.15, -0.1) is 11.3 Å². The molecule has 3 heterocycles. The van der Waals surface area contributed by atoms with E-state index in [1.807, 2.05) is 17.5 Å². The molecule has 3 aromatic rings. The Labute approximate surface area is 211 Å². The van der Waals surface area contributed by atoms with Crippen molar-refractivity contribution in [3.63, 3.8) is 0 Å². The van der Waals surface area contributed by atoms with Gasteiger partial charge in [-0.2, -0.15) is 0 Å². The molecule has 0 spiro atoms. The van der Waals surface area contributed by atoms with E-state index in [0.29, 0.717) is 28.3 Å². The predicted molar refractivity (Wildman–Crippen MR) is 133 cm³/mol. The van der Waals surface area contributed by atoms with Crippen molar-refractivity contribution in [2.75, 3.05) is 11.7 Å². The van der Waals surface area contributed by atoms with Gasteiger partial charge in [-0.05, 0) is 61.2 Å². The van der Waals surface area contributed by atoms with E-state index in [2.05, 4.69) is 0 Å². The lowest BCUT2D eigenvalue weighted by atomic mass is 9.99. The topological polar surface area (TPSA) is 102 Å². The minimum Gasteiger partial charge on any atom is -0.507 e. The highest BCUT2D eigenvalue weighted by Crippen LogP contribution is 2.44. The van der Waals surface area contributed by atoms with Crippen molar-refractivity contribution in [1.82, 2.24) is 0 Å². The lowest BCUT2D eigenvalue weighted by Gasteiger charge is -2.24. The van der Waals surface area contributed by atoms with Crippen LogP contribution in [0.1, 0.15) is 35.9 Å². The van der Waals surface area contributed by atoms with Crippen molar-refractivity contribution in [3.05, 3.63) is 81.6 Å². The van der Waals surface area contributed by atoms with E-state index in [0.717, 1.165) is 4.88 Å². The molecular weight excluding hydrogens is 482 g/mol. The summed E-state index contributed by atoms with van der Waals surface area (Å²) in [7, 11) is 0. The number of hydrogen-bond donors (Lipinski definition) is 1. The van der Waals surface area contributed by atoms with Crippen LogP contribution in [0.3, 0.4) is 0 Å². The molecule has 9 heteroatoms. The van der Waals surface area contributed by atoms with Crippen LogP contribution >= 0.6 is 11.3 Å². The Hall–Kier alpha value is -4.11. The number of esters is 1. The molecule has 1 atom stereocenters. The number of ketones is 1. The number of ether oxygens (including phenoxy) is 3. The standard InChI is InChI=1S/C27H23NO7S/c1-15(2)35-22(29)12-16-5-8-18(9-6-16)28-24(21-4-3-11-36-21)23(26(31)27(28)32)25(30)17-7-10-19-20(13-17)34-14-33-19/h3-11,13,15,24,30H,12,14H2,1-2H3/b25-23-. The summed E-state index contributed by atoms with van der Waals surface area (Å²) in [5.41, 5.74) is 1.53. The van der Waals surface area contributed by atoms with Gasteiger partial charge in [0.05, 0.1) is 18.1 Å². The largest absolute Gasteiger partial charge is 0.507 e. The molecule has 0 radical (unpaired) electrons. The molecule has 1 unspecified atom stereocenters. The van der Waals surface area contributed by atoms with Gasteiger partial charge in [-0.3, -0.25) is 19.3 Å². The average molecular weight is 506 g/mol. The molecule has 1 amide bonds. The first-order valence-corrected chi connectivity index (χ1v) is 12.2. The molecule has 1 fully saturated rings. The smallest absolute Gasteiger partial charge is 0.310 e. The normalized spacial score (nSPS) is 18.2. The van der Waals surface area contributed by atoms with E-state index >= 15 is 0 Å². The highest BCUT2D eigenvalue weighted by atomic mass is 32.1. The van der Waals surface area contributed by atoms with Gasteiger partial charge in [0.2, 0.25) is 6.79 Å². The maximum atomic E-state index is 13.2. The average Bonchev–Trinajstić information content (AvgIpc) is 3.59. The van der Waals surface area contributed by atoms with Crippen LogP contribution in [0.2, 0.25) is 0 Å². The van der Waals surface area contributed by atoms with Gasteiger partial charge in [0, 0.05) is 16.1 Å². The summed E-state index contributed by atoms with van der Waals surface area (Å²) < 4.78 is 15.9. The van der Waals surface area contributed by atoms with Crippen molar-refractivity contribution < 1.29 is 33.7 Å². The second kappa shape index (κ2) is 9.50. The van der Waals surface area contributed by atoms with Crippen LogP contribution in [-0.4, -0.2) is 35.7 Å². The van der Waals surface area contributed by atoms with E-state index < -0.39 is 17.7 Å². The number of hydrogen-bond acceptors (Lipinski definition) is 8. The molecule has 2 aromatic carbocycles. The quantitative estimate of drug-likeness (QED) is 0.226. The van der Waals surface area contributed by atoms with Crippen LogP contribution in [0, 0.1) is 0 Å². The molecule has 0 saturated carbocycles. The second-order valence-electron chi connectivity index (χ2n) is 8.63. The molecule has 0 aliphatic carbocycles. The summed E-state index contributed by atoms with van der Waals surface area (Å²) in [5.74, 6) is -1.18. The molecule has 36 heavy (non-hydrogen) atoms. The van der Waals surface area contributed by atoms with E-state index in [1.165, 1.54) is 16.2 Å². The molecule has 2 aliphatic rings. The van der Waals surface area contributed by atoms with Crippen LogP contribution < -0.4 is 14.4 Å². The molecule has 1 aromatic heterocycles. The van der Waals surface area contributed by atoms with E-state index in [9.17, 15) is 19.5 Å². The SMILES string of the molecule is CC(C)OC(=O)Cc1ccc(N2C(=O)C(=O)/C(=C(\O)c3ccc4c(c3)OCO4)C2c2cccs2)cc1. The van der Waals surface area contributed by atoms with Crippen molar-refractivity contribution in [3.8, 4) is 11.5 Å². The highest BCUT2D eigenvalue weighted by molar-refractivity contribution is 7.10. The summed E-state index contributed by atoms with van der Waals surface area (Å²) in [6.07, 6.45) is -0.116. The third-order valence-corrected chi connectivity index (χ3v) is 6.76. The van der Waals surface area contributed by atoms with Gasteiger partial charge in [-0.1, -0.05) is 18.2 Å². The molecule has 0 bridgehead atoms. The molecule has 2 aliphatic heterocycles. The Morgan fingerprint density at radius 1 is 1.11 bits per heavy atom. The second-order valence-corrected chi connectivity index (χ2v) is 9.61. The van der Waals surface area contributed by atoms with E-state index in [4.69, 9.17) is 14.2 Å². The van der Waals surface area contributed by atoms with Crippen molar-refractivity contribution in [2.45, 2.75) is 32.4 Å². The van der Waals surface area contributed by atoms with Crippen LogP contribution in [0.5, 0.6) is 11.5 Å². The maximum absolute atomic E-state index is 13.2. The molecule has 1 saturated heterocycles. The summed E-state index contributed by atoms with van der Waals surface area (Å²) >= 11 is 1.38. The molecule has 5 rings (SSSR count). The monoisotopic (exact) mass is 505 g/mol. The van der Waals surface area contributed by atoms with Gasteiger partial charge in [0.25, 0.3) is 11.7 Å². The number of anilines is 1. The van der Waals surface area contributed by atoms with Crippen LogP contribution in [0.15, 0.2) is 65.6 Å². The Kier molecular flexibility index (Phi) is 6.24. The number of fused-ring (bicyclic) bond motifs is 1.